The Morgan fingerprint density at radius 1 is 0.787 bits per heavy atom. The number of Topliss-reactive ketones (excluding diaryl/α,β-unsaturated/α-hetero) is 1. The molecule has 0 spiro atoms. The van der Waals surface area contributed by atoms with Gasteiger partial charge in [0.05, 0.1) is 75.8 Å². The number of aliphatic carboxylic acids is 1. The fourth-order valence-corrected chi connectivity index (χ4v) is 13.0. The summed E-state index contributed by atoms with van der Waals surface area (Å²) in [5, 5.41) is 84.3. The summed E-state index contributed by atoms with van der Waals surface area (Å²) in [6.45, 7) is 7.33. The minimum Gasteiger partial charge on any atom is -0.477 e. The average molecular weight is 1260 g/mol. The Labute approximate surface area is 511 Å². The van der Waals surface area contributed by atoms with Crippen LogP contribution >= 0.6 is 0 Å². The molecule has 17 atom stereocenters. The molecule has 1 unspecified atom stereocenters. The molecule has 89 heavy (non-hydrogen) atoms. The molecule has 2 saturated carbocycles. The Kier molecular flexibility index (Phi) is 22.2. The van der Waals surface area contributed by atoms with Gasteiger partial charge in [0.25, 0.3) is 11.7 Å². The monoisotopic (exact) mass is 1260 g/mol. The summed E-state index contributed by atoms with van der Waals surface area (Å²) in [6, 6.07) is 13.3. The number of ether oxygens (including phenoxy) is 10. The van der Waals surface area contributed by atoms with Crippen LogP contribution in [0.25, 0.3) is 0 Å². The number of carbonyl (C=O) groups is 9. The van der Waals surface area contributed by atoms with E-state index < -0.39 is 193 Å². The van der Waals surface area contributed by atoms with Gasteiger partial charge in [0, 0.05) is 64.5 Å². The highest BCUT2D eigenvalue weighted by Crippen LogP contribution is 2.65. The molecule has 29 nitrogen and oxygen atoms in total. The van der Waals surface area contributed by atoms with Crippen molar-refractivity contribution in [2.24, 2.45) is 16.7 Å². The van der Waals surface area contributed by atoms with Gasteiger partial charge in [-0.05, 0) is 42.7 Å². The van der Waals surface area contributed by atoms with Gasteiger partial charge in [-0.1, -0.05) is 62.4 Å². The van der Waals surface area contributed by atoms with E-state index in [-0.39, 0.29) is 56.1 Å². The number of nitrogens with one attached hydrogen (secondary N) is 3. The van der Waals surface area contributed by atoms with Crippen LogP contribution in [0, 0.1) is 16.7 Å². The molecule has 7 rings (SSSR count). The van der Waals surface area contributed by atoms with Crippen molar-refractivity contribution in [1.29, 1.82) is 0 Å². The number of carboxylic acid groups (broad SMARTS) is 1. The van der Waals surface area contributed by atoms with Crippen molar-refractivity contribution in [3.05, 3.63) is 82.9 Å². The molecule has 2 saturated heterocycles. The summed E-state index contributed by atoms with van der Waals surface area (Å²) >= 11 is 0. The lowest BCUT2D eigenvalue weighted by Crippen LogP contribution is -2.82. The summed E-state index contributed by atoms with van der Waals surface area (Å²) in [4.78, 5) is 123. The first kappa shape index (κ1) is 69.4. The standard InChI is InChI=1S/C60H79N3O26/c1-30-39(86-53(75)46(72)43(35-15-11-9-12-16-35)63-52(74)36-17-13-10-14-18-36)27-59(79)51(85-33(4)67)49-57(8,50(73)47(84-32(3)66)42(30)56(59,6)7)40(25-41-58(49,29-82-41)88-34(5)68)87-55(78)61-19-20-80-21-22-81-23-24-83-60(54(76)77)26-37(69)44(62-31(2)65)48(89-60)45(71)38(70)28-64/h9-18,37-41,43-49,51,64,69-72,79H,19-29H2,1-8H3,(H,61,78)(H,62,65)(H,63,74)(H,76,77)/t37-,38+,39-,40-,41+,43-,44+,45+,46+,47+,48+,49?,51-,57+,58-,59+,60+/m0/s1. The lowest BCUT2D eigenvalue weighted by atomic mass is 9.44. The summed E-state index contributed by atoms with van der Waals surface area (Å²) in [6.07, 6.45) is -20.5. The van der Waals surface area contributed by atoms with Gasteiger partial charge in [0.15, 0.2) is 23.6 Å². The van der Waals surface area contributed by atoms with Crippen molar-refractivity contribution >= 4 is 53.5 Å². The van der Waals surface area contributed by atoms with E-state index in [0.717, 1.165) is 27.7 Å². The number of carboxylic acids is 1. The van der Waals surface area contributed by atoms with E-state index in [1.54, 1.807) is 48.5 Å². The first-order valence-corrected chi connectivity index (χ1v) is 28.9. The van der Waals surface area contributed by atoms with Crippen LogP contribution in [0.4, 0.5) is 4.79 Å². The SMILES string of the molecule is CC(=O)N[C@H]1[C@H]([C@H](O)[C@H](O)CO)O[C@@](OCCOCCOCCNC(=O)O[C@H]2C[C@H]3OC[C@@]3(OC(C)=O)C3[C@H](OC(C)=O)[C@]4(O)C[C@H](OC(=O)[C@H](O)[C@@H](NC(=O)c5ccccc5)c5ccccc5)C(C)=C([C@@H](OC(C)=O)C(=O)[C@@]32C)C4(C)C)(C(=O)O)C[C@@H]1O. The number of hydrogen-bond donors (Lipinski definition) is 10. The summed E-state index contributed by atoms with van der Waals surface area (Å²) in [5.41, 5.74) is -7.95. The van der Waals surface area contributed by atoms with E-state index in [0.29, 0.717) is 5.56 Å². The Balaban J connectivity index is 1.09. The average Bonchev–Trinajstić information content (AvgIpc) is 0.672. The Bertz CT molecular complexity index is 2970. The third-order valence-corrected chi connectivity index (χ3v) is 17.4. The Morgan fingerprint density at radius 3 is 1.98 bits per heavy atom. The zero-order chi connectivity index (χ0) is 65.6. The van der Waals surface area contributed by atoms with Gasteiger partial charge in [-0.25, -0.2) is 14.4 Å². The molecule has 2 aliphatic heterocycles. The van der Waals surface area contributed by atoms with Crippen LogP contribution in [0.3, 0.4) is 0 Å². The second-order valence-corrected chi connectivity index (χ2v) is 23.4. The normalized spacial score (nSPS) is 31.6. The molecule has 0 aromatic heterocycles. The van der Waals surface area contributed by atoms with Crippen molar-refractivity contribution in [1.82, 2.24) is 16.0 Å². The quantitative estimate of drug-likeness (QED) is 0.0256. The highest BCUT2D eigenvalue weighted by molar-refractivity contribution is 5.96. The first-order valence-electron chi connectivity index (χ1n) is 28.9. The molecular weight excluding hydrogens is 1180 g/mol. The first-order chi connectivity index (χ1) is 41.9. The van der Waals surface area contributed by atoms with E-state index in [2.05, 4.69) is 16.0 Å². The smallest absolute Gasteiger partial charge is 0.407 e. The highest BCUT2D eigenvalue weighted by atomic mass is 16.7. The lowest BCUT2D eigenvalue weighted by molar-refractivity contribution is -0.346. The number of ketones is 1. The zero-order valence-corrected chi connectivity index (χ0v) is 50.4. The van der Waals surface area contributed by atoms with E-state index in [1.807, 2.05) is 0 Å². The second-order valence-electron chi connectivity index (χ2n) is 23.4. The number of hydrogen-bond acceptors (Lipinski definition) is 25. The third-order valence-electron chi connectivity index (χ3n) is 17.4. The summed E-state index contributed by atoms with van der Waals surface area (Å²) in [7, 11) is 0. The topological polar surface area (TPSA) is 424 Å². The van der Waals surface area contributed by atoms with Crippen LogP contribution in [0.1, 0.15) is 96.6 Å². The van der Waals surface area contributed by atoms with Gasteiger partial charge in [0.1, 0.15) is 48.3 Å². The van der Waals surface area contributed by atoms with Crippen molar-refractivity contribution in [3.63, 3.8) is 0 Å². The molecule has 2 bridgehead atoms. The van der Waals surface area contributed by atoms with Crippen LogP contribution in [-0.4, -0.2) is 226 Å². The van der Waals surface area contributed by atoms with Crippen molar-refractivity contribution < 1.29 is 126 Å². The van der Waals surface area contributed by atoms with Gasteiger partial charge in [-0.15, -0.1) is 0 Å². The maximum Gasteiger partial charge on any atom is 0.407 e. The number of aliphatic hydroxyl groups is 6. The van der Waals surface area contributed by atoms with Crippen LogP contribution in [0.5, 0.6) is 0 Å². The number of carbonyl (C=O) groups excluding carboxylic acids is 8. The number of esters is 4. The van der Waals surface area contributed by atoms with Crippen molar-refractivity contribution in [2.45, 2.75) is 165 Å². The van der Waals surface area contributed by atoms with E-state index in [4.69, 9.17) is 47.4 Å². The van der Waals surface area contributed by atoms with Gasteiger partial charge in [0.2, 0.25) is 5.91 Å². The van der Waals surface area contributed by atoms with E-state index in [9.17, 15) is 74.1 Å². The lowest BCUT2D eigenvalue weighted by Gasteiger charge is -2.67. The Hall–Kier alpha value is -7.03. The second kappa shape index (κ2) is 28.4. The maximum atomic E-state index is 16.1. The fourth-order valence-electron chi connectivity index (χ4n) is 13.0. The maximum absolute atomic E-state index is 16.1. The number of benzene rings is 2. The number of aliphatic hydroxyl groups excluding tert-OH is 5. The molecule has 3 amide bonds. The molecule has 29 heteroatoms. The minimum absolute atomic E-state index is 0.0743. The molecule has 0 radical (unpaired) electrons. The van der Waals surface area contributed by atoms with E-state index >= 15 is 4.79 Å². The number of amides is 3. The van der Waals surface area contributed by atoms with Crippen LogP contribution in [-0.2, 0) is 80.9 Å². The van der Waals surface area contributed by atoms with Gasteiger partial charge in [-0.3, -0.25) is 28.8 Å². The largest absolute Gasteiger partial charge is 0.477 e. The number of fused-ring (bicyclic) bond motifs is 5. The molecule has 3 aliphatic carbocycles. The van der Waals surface area contributed by atoms with Crippen LogP contribution < -0.4 is 16.0 Å². The molecule has 2 aromatic carbocycles. The molecule has 4 fully saturated rings. The zero-order valence-electron chi connectivity index (χ0n) is 50.4. The van der Waals surface area contributed by atoms with Crippen LogP contribution in [0.2, 0.25) is 0 Å². The predicted octanol–water partition coefficient (Wildman–Crippen LogP) is -0.625. The van der Waals surface area contributed by atoms with Gasteiger partial charge in [-0.2, -0.15) is 0 Å². The van der Waals surface area contributed by atoms with E-state index in [1.165, 1.54) is 39.8 Å². The predicted molar refractivity (Wildman–Crippen MR) is 300 cm³/mol. The molecule has 10 N–H and O–H groups in total. The Morgan fingerprint density at radius 2 is 1.40 bits per heavy atom. The van der Waals surface area contributed by atoms with Crippen molar-refractivity contribution in [3.8, 4) is 0 Å². The van der Waals surface area contributed by atoms with Crippen LogP contribution in [0.15, 0.2) is 71.8 Å². The minimum atomic E-state index is -2.58. The molecule has 2 heterocycles. The summed E-state index contributed by atoms with van der Waals surface area (Å²) in [5.74, 6) is -12.5. The molecule has 5 aliphatic rings. The molecular formula is C60H79N3O26. The highest BCUT2D eigenvalue weighted by Gasteiger charge is 2.79. The van der Waals surface area contributed by atoms with Crippen molar-refractivity contribution in [2.75, 3.05) is 52.8 Å². The van der Waals surface area contributed by atoms with Gasteiger partial charge < -0.3 is 99.1 Å². The number of alkyl carbamates (subject to hydrolysis) is 1. The van der Waals surface area contributed by atoms with Gasteiger partial charge >= 0.3 is 35.9 Å². The summed E-state index contributed by atoms with van der Waals surface area (Å²) < 4.78 is 58.6. The number of rotatable bonds is 25. The molecule has 490 valence electrons. The fraction of sp³-hybridized carbons (Fsp3) is 0.617. The molecule has 2 aromatic rings. The third kappa shape index (κ3) is 14.3.